The molecule has 0 amide bonds. The van der Waals surface area contributed by atoms with Crippen molar-refractivity contribution in [2.24, 2.45) is 11.8 Å². The third kappa shape index (κ3) is 4.26. The van der Waals surface area contributed by atoms with E-state index in [2.05, 4.69) is 174 Å². The fourth-order valence-electron chi connectivity index (χ4n) is 8.28. The summed E-state index contributed by atoms with van der Waals surface area (Å²) >= 11 is 0. The van der Waals surface area contributed by atoms with Crippen molar-refractivity contribution in [1.29, 1.82) is 5.26 Å². The van der Waals surface area contributed by atoms with E-state index in [0.717, 1.165) is 22.1 Å². The van der Waals surface area contributed by atoms with Crippen LogP contribution < -0.4 is 4.90 Å². The minimum atomic E-state index is 0.188. The highest BCUT2D eigenvalue weighted by Crippen LogP contribution is 2.52. The van der Waals surface area contributed by atoms with E-state index < -0.39 is 0 Å². The van der Waals surface area contributed by atoms with Gasteiger partial charge >= 0.3 is 0 Å². The molecule has 4 unspecified atom stereocenters. The Morgan fingerprint density at radius 3 is 2.17 bits per heavy atom. The van der Waals surface area contributed by atoms with Gasteiger partial charge in [0.2, 0.25) is 0 Å². The molecular formula is C44H33N3. The van der Waals surface area contributed by atoms with Gasteiger partial charge in [-0.1, -0.05) is 103 Å². The molecule has 0 fully saturated rings. The molecule has 0 radical (unpaired) electrons. The summed E-state index contributed by atoms with van der Waals surface area (Å²) in [5.74, 6) is 0.695. The SMILES string of the molecule is Cc1ccccc1-n1c2ccc(C#N)cc2c2cc(C3C=CC=CC3C3C=CC=C4c5ccccc5N(c5ccccc5)C43)ccc21. The number of nitriles is 1. The fourth-order valence-corrected chi connectivity index (χ4v) is 8.28. The molecule has 6 aromatic rings. The Hall–Kier alpha value is -5.85. The molecule has 3 heteroatoms. The fraction of sp³-hybridized carbons (Fsp3) is 0.114. The van der Waals surface area contributed by atoms with Crippen molar-refractivity contribution in [2.75, 3.05) is 4.90 Å². The van der Waals surface area contributed by atoms with E-state index in [1.165, 1.54) is 39.0 Å². The first-order chi connectivity index (χ1) is 23.2. The van der Waals surface area contributed by atoms with Crippen LogP contribution in [0, 0.1) is 30.1 Å². The molecule has 1 aliphatic heterocycles. The van der Waals surface area contributed by atoms with Gasteiger partial charge in [0.25, 0.3) is 0 Å². The zero-order chi connectivity index (χ0) is 31.5. The van der Waals surface area contributed by atoms with Gasteiger partial charge in [-0.25, -0.2) is 0 Å². The summed E-state index contributed by atoms with van der Waals surface area (Å²) in [5, 5.41) is 12.1. The predicted molar refractivity (Wildman–Crippen MR) is 194 cm³/mol. The number of anilines is 2. The molecule has 4 atom stereocenters. The van der Waals surface area contributed by atoms with Gasteiger partial charge in [-0.15, -0.1) is 0 Å². The van der Waals surface area contributed by atoms with Gasteiger partial charge in [-0.2, -0.15) is 5.26 Å². The number of fused-ring (bicyclic) bond motifs is 6. The lowest BCUT2D eigenvalue weighted by Gasteiger charge is -2.40. The highest BCUT2D eigenvalue weighted by molar-refractivity contribution is 6.10. The Kier molecular flexibility index (Phi) is 6.37. The van der Waals surface area contributed by atoms with Crippen LogP contribution in [0.15, 0.2) is 158 Å². The number of aromatic nitrogens is 1. The van der Waals surface area contributed by atoms with Gasteiger partial charge in [-0.05, 0) is 84.1 Å². The molecule has 3 nitrogen and oxygen atoms in total. The summed E-state index contributed by atoms with van der Waals surface area (Å²) in [4.78, 5) is 2.56. The Balaban J connectivity index is 1.18. The second-order valence-electron chi connectivity index (χ2n) is 12.9. The van der Waals surface area contributed by atoms with Crippen LogP contribution in [0.25, 0.3) is 33.1 Å². The van der Waals surface area contributed by atoms with E-state index in [4.69, 9.17) is 0 Å². The van der Waals surface area contributed by atoms with Crippen molar-refractivity contribution in [3.63, 3.8) is 0 Å². The van der Waals surface area contributed by atoms with Crippen LogP contribution in [0.2, 0.25) is 0 Å². The number of allylic oxidation sites excluding steroid dienone is 6. The standard InChI is InChI=1S/C44H33N3/c1-29-12-5-9-20-40(29)47-42-24-22-30(28-45)26-38(42)39-27-31(23-25-43(39)47)33-15-6-7-16-34(33)36-18-11-19-37-35-17-8-10-21-41(35)46(44(36)37)32-13-3-2-4-14-32/h2-27,33-34,36,44H,1H3. The molecule has 0 spiro atoms. The van der Waals surface area contributed by atoms with Gasteiger partial charge in [0.05, 0.1) is 28.7 Å². The minimum absolute atomic E-state index is 0.188. The number of benzene rings is 5. The maximum absolute atomic E-state index is 9.83. The average molecular weight is 604 g/mol. The van der Waals surface area contributed by atoms with Crippen molar-refractivity contribution in [3.8, 4) is 11.8 Å². The third-order valence-corrected chi connectivity index (χ3v) is 10.4. The number of hydrogen-bond acceptors (Lipinski definition) is 2. The van der Waals surface area contributed by atoms with Crippen LogP contribution in [0.5, 0.6) is 0 Å². The first kappa shape index (κ1) is 27.5. The summed E-state index contributed by atoms with van der Waals surface area (Å²) in [5.41, 5.74) is 11.8. The lowest BCUT2D eigenvalue weighted by Crippen LogP contribution is -2.39. The van der Waals surface area contributed by atoms with E-state index in [9.17, 15) is 5.26 Å². The predicted octanol–water partition coefficient (Wildman–Crippen LogP) is 10.6. The Bertz CT molecular complexity index is 2360. The quantitative estimate of drug-likeness (QED) is 0.201. The lowest BCUT2D eigenvalue weighted by atomic mass is 9.70. The molecule has 5 aromatic carbocycles. The summed E-state index contributed by atoms with van der Waals surface area (Å²) < 4.78 is 2.35. The second-order valence-corrected chi connectivity index (χ2v) is 12.9. The summed E-state index contributed by atoms with van der Waals surface area (Å²) in [6, 6.07) is 43.9. The smallest absolute Gasteiger partial charge is 0.0991 e. The zero-order valence-electron chi connectivity index (χ0n) is 26.2. The Labute approximate surface area is 275 Å². The second kappa shape index (κ2) is 10.9. The maximum Gasteiger partial charge on any atom is 0.0991 e. The Morgan fingerprint density at radius 2 is 1.34 bits per heavy atom. The molecule has 2 heterocycles. The largest absolute Gasteiger partial charge is 0.333 e. The van der Waals surface area contributed by atoms with Gasteiger partial charge in [-0.3, -0.25) is 0 Å². The third-order valence-electron chi connectivity index (χ3n) is 10.4. The number of para-hydroxylation sites is 3. The topological polar surface area (TPSA) is 32.0 Å². The van der Waals surface area contributed by atoms with Gasteiger partial charge < -0.3 is 9.47 Å². The molecule has 1 aromatic heterocycles. The molecule has 0 saturated carbocycles. The monoisotopic (exact) mass is 603 g/mol. The number of hydrogen-bond donors (Lipinski definition) is 0. The van der Waals surface area contributed by atoms with E-state index in [1.807, 2.05) is 6.07 Å². The molecule has 224 valence electrons. The van der Waals surface area contributed by atoms with Crippen molar-refractivity contribution >= 4 is 38.8 Å². The van der Waals surface area contributed by atoms with Crippen molar-refractivity contribution in [2.45, 2.75) is 18.9 Å². The summed E-state index contributed by atoms with van der Waals surface area (Å²) in [6.45, 7) is 2.16. The minimum Gasteiger partial charge on any atom is -0.333 e. The van der Waals surface area contributed by atoms with Crippen molar-refractivity contribution < 1.29 is 0 Å². The van der Waals surface area contributed by atoms with E-state index in [0.29, 0.717) is 5.56 Å². The van der Waals surface area contributed by atoms with E-state index in [1.54, 1.807) is 0 Å². The Morgan fingerprint density at radius 1 is 0.638 bits per heavy atom. The van der Waals surface area contributed by atoms with Crippen LogP contribution in [0.3, 0.4) is 0 Å². The normalized spacial score (nSPS) is 21.1. The van der Waals surface area contributed by atoms with Crippen molar-refractivity contribution in [3.05, 3.63) is 180 Å². The summed E-state index contributed by atoms with van der Waals surface area (Å²) in [6.07, 6.45) is 16.3. The molecule has 9 rings (SSSR count). The van der Waals surface area contributed by atoms with Crippen LogP contribution >= 0.6 is 0 Å². The number of rotatable bonds is 4. The number of aryl methyl sites for hydroxylation is 1. The molecule has 47 heavy (non-hydrogen) atoms. The van der Waals surface area contributed by atoms with Crippen LogP contribution in [-0.4, -0.2) is 10.6 Å². The summed E-state index contributed by atoms with van der Waals surface area (Å²) in [7, 11) is 0. The van der Waals surface area contributed by atoms with E-state index in [-0.39, 0.29) is 23.8 Å². The van der Waals surface area contributed by atoms with Crippen LogP contribution in [0.1, 0.15) is 28.2 Å². The highest BCUT2D eigenvalue weighted by Gasteiger charge is 2.44. The average Bonchev–Trinajstić information content (AvgIpc) is 3.64. The van der Waals surface area contributed by atoms with Crippen LogP contribution in [-0.2, 0) is 0 Å². The molecule has 0 bridgehead atoms. The highest BCUT2D eigenvalue weighted by atomic mass is 15.2. The molecular weight excluding hydrogens is 571 g/mol. The zero-order valence-corrected chi connectivity index (χ0v) is 26.2. The molecule has 0 N–H and O–H groups in total. The van der Waals surface area contributed by atoms with E-state index >= 15 is 0 Å². The number of nitrogens with zero attached hydrogens (tertiary/aromatic N) is 3. The van der Waals surface area contributed by atoms with Crippen LogP contribution in [0.4, 0.5) is 11.4 Å². The van der Waals surface area contributed by atoms with Crippen molar-refractivity contribution in [1.82, 2.24) is 4.57 Å². The molecule has 2 aliphatic carbocycles. The van der Waals surface area contributed by atoms with Gasteiger partial charge in [0.1, 0.15) is 0 Å². The van der Waals surface area contributed by atoms with Gasteiger partial charge in [0.15, 0.2) is 0 Å². The molecule has 3 aliphatic rings. The maximum atomic E-state index is 9.83. The first-order valence-corrected chi connectivity index (χ1v) is 16.4. The molecule has 0 saturated heterocycles. The lowest BCUT2D eigenvalue weighted by molar-refractivity contribution is 0.406. The van der Waals surface area contributed by atoms with Gasteiger partial charge in [0, 0.05) is 45.2 Å². The first-order valence-electron chi connectivity index (χ1n) is 16.4.